The Balaban J connectivity index is 2.24. The quantitative estimate of drug-likeness (QED) is 0.796. The van der Waals surface area contributed by atoms with Crippen molar-refractivity contribution in [2.24, 2.45) is 0 Å². The number of phenols is 1. The minimum Gasteiger partial charge on any atom is -0.507 e. The van der Waals surface area contributed by atoms with Crippen LogP contribution in [0, 0.1) is 6.92 Å². The molecule has 0 bridgehead atoms. The maximum atomic E-state index is 10.2. The Bertz CT molecular complexity index is 806. The van der Waals surface area contributed by atoms with Crippen LogP contribution in [0.3, 0.4) is 0 Å². The van der Waals surface area contributed by atoms with Crippen molar-refractivity contribution in [3.8, 4) is 22.9 Å². The third-order valence-electron chi connectivity index (χ3n) is 3.67. The van der Waals surface area contributed by atoms with Crippen molar-refractivity contribution in [2.75, 3.05) is 7.11 Å². The highest BCUT2D eigenvalue weighted by Gasteiger charge is 2.15. The van der Waals surface area contributed by atoms with Gasteiger partial charge in [0.2, 0.25) is 0 Å². The number of imidazole rings is 1. The molecule has 1 N–H and O–H groups in total. The fraction of sp³-hybridized carbons (Fsp3) is 0.235. The van der Waals surface area contributed by atoms with Gasteiger partial charge in [-0.2, -0.15) is 0 Å². The normalized spacial score (nSPS) is 11.0. The Kier molecular flexibility index (Phi) is 3.29. The van der Waals surface area contributed by atoms with Crippen LogP contribution in [-0.2, 0) is 6.54 Å². The summed E-state index contributed by atoms with van der Waals surface area (Å²) in [5.74, 6) is 1.58. The van der Waals surface area contributed by atoms with Gasteiger partial charge in [-0.05, 0) is 43.7 Å². The highest BCUT2D eigenvalue weighted by atomic mass is 16.5. The van der Waals surface area contributed by atoms with E-state index in [1.807, 2.05) is 12.1 Å². The number of aromatic nitrogens is 2. The zero-order chi connectivity index (χ0) is 15.0. The highest BCUT2D eigenvalue weighted by molar-refractivity contribution is 5.82. The van der Waals surface area contributed by atoms with Crippen LogP contribution in [-0.4, -0.2) is 21.8 Å². The SMILES string of the molecule is CCn1c(-c2ccc(OC)cc2O)nc2cc(C)ccc21. The molecule has 0 atom stereocenters. The van der Waals surface area contributed by atoms with Gasteiger partial charge >= 0.3 is 0 Å². The Hall–Kier alpha value is -2.49. The minimum atomic E-state index is 0.177. The zero-order valence-electron chi connectivity index (χ0n) is 12.4. The number of benzene rings is 2. The molecule has 0 aliphatic rings. The number of hydrogen-bond donors (Lipinski definition) is 1. The van der Waals surface area contributed by atoms with E-state index >= 15 is 0 Å². The third kappa shape index (κ3) is 2.23. The maximum absolute atomic E-state index is 10.2. The fourth-order valence-corrected chi connectivity index (χ4v) is 2.59. The van der Waals surface area contributed by atoms with Crippen molar-refractivity contribution in [3.05, 3.63) is 42.0 Å². The molecule has 1 heterocycles. The summed E-state index contributed by atoms with van der Waals surface area (Å²) in [6.45, 7) is 4.92. The summed E-state index contributed by atoms with van der Waals surface area (Å²) in [4.78, 5) is 4.69. The molecule has 3 rings (SSSR count). The highest BCUT2D eigenvalue weighted by Crippen LogP contribution is 2.34. The lowest BCUT2D eigenvalue weighted by atomic mass is 10.2. The van der Waals surface area contributed by atoms with Crippen LogP contribution in [0.15, 0.2) is 36.4 Å². The van der Waals surface area contributed by atoms with E-state index < -0.39 is 0 Å². The molecule has 0 saturated heterocycles. The number of rotatable bonds is 3. The van der Waals surface area contributed by atoms with Crippen LogP contribution in [0.5, 0.6) is 11.5 Å². The lowest BCUT2D eigenvalue weighted by Crippen LogP contribution is -1.97. The molecule has 1 aromatic heterocycles. The monoisotopic (exact) mass is 282 g/mol. The number of phenolic OH excluding ortho intramolecular Hbond substituents is 1. The van der Waals surface area contributed by atoms with Gasteiger partial charge in [0.05, 0.1) is 23.7 Å². The molecule has 0 aliphatic heterocycles. The van der Waals surface area contributed by atoms with Crippen LogP contribution in [0.2, 0.25) is 0 Å². The number of methoxy groups -OCH3 is 1. The molecule has 0 unspecified atom stereocenters. The summed E-state index contributed by atoms with van der Waals surface area (Å²) in [5.41, 5.74) is 3.91. The summed E-state index contributed by atoms with van der Waals surface area (Å²) in [6.07, 6.45) is 0. The van der Waals surface area contributed by atoms with E-state index in [0.29, 0.717) is 11.3 Å². The molecule has 0 fully saturated rings. The van der Waals surface area contributed by atoms with E-state index in [1.54, 1.807) is 13.2 Å². The molecular weight excluding hydrogens is 264 g/mol. The number of hydrogen-bond acceptors (Lipinski definition) is 3. The van der Waals surface area contributed by atoms with Gasteiger partial charge in [-0.25, -0.2) is 4.98 Å². The van der Waals surface area contributed by atoms with Gasteiger partial charge in [0, 0.05) is 12.6 Å². The number of fused-ring (bicyclic) bond motifs is 1. The summed E-state index contributed by atoms with van der Waals surface area (Å²) >= 11 is 0. The summed E-state index contributed by atoms with van der Waals surface area (Å²) in [5, 5.41) is 10.2. The first-order chi connectivity index (χ1) is 10.1. The second-order valence-electron chi connectivity index (χ2n) is 5.05. The van der Waals surface area contributed by atoms with Gasteiger partial charge in [0.1, 0.15) is 17.3 Å². The van der Waals surface area contributed by atoms with Gasteiger partial charge in [-0.1, -0.05) is 6.07 Å². The van der Waals surface area contributed by atoms with E-state index in [0.717, 1.165) is 23.4 Å². The third-order valence-corrected chi connectivity index (χ3v) is 3.67. The van der Waals surface area contributed by atoms with Gasteiger partial charge in [0.25, 0.3) is 0 Å². The van der Waals surface area contributed by atoms with Crippen molar-refractivity contribution in [1.82, 2.24) is 9.55 Å². The van der Waals surface area contributed by atoms with Crippen molar-refractivity contribution < 1.29 is 9.84 Å². The average Bonchev–Trinajstić information content (AvgIpc) is 2.84. The molecule has 0 aliphatic carbocycles. The van der Waals surface area contributed by atoms with Crippen LogP contribution in [0.4, 0.5) is 0 Å². The standard InChI is InChI=1S/C17H18N2O2/c1-4-19-15-8-5-11(2)9-14(15)18-17(19)13-7-6-12(21-3)10-16(13)20/h5-10,20H,4H2,1-3H3. The lowest BCUT2D eigenvalue weighted by Gasteiger charge is -2.09. The topological polar surface area (TPSA) is 47.3 Å². The van der Waals surface area contributed by atoms with E-state index in [4.69, 9.17) is 9.72 Å². The largest absolute Gasteiger partial charge is 0.507 e. The maximum Gasteiger partial charge on any atom is 0.144 e. The van der Waals surface area contributed by atoms with Gasteiger partial charge in [-0.3, -0.25) is 0 Å². The van der Waals surface area contributed by atoms with Crippen LogP contribution < -0.4 is 4.74 Å². The summed E-state index contributed by atoms with van der Waals surface area (Å²) in [7, 11) is 1.58. The first-order valence-electron chi connectivity index (χ1n) is 6.98. The first kappa shape index (κ1) is 13.5. The van der Waals surface area contributed by atoms with Crippen molar-refractivity contribution >= 4 is 11.0 Å². The Morgan fingerprint density at radius 1 is 1.19 bits per heavy atom. The molecule has 108 valence electrons. The number of nitrogens with zero attached hydrogens (tertiary/aromatic N) is 2. The first-order valence-corrected chi connectivity index (χ1v) is 6.98. The van der Waals surface area contributed by atoms with E-state index in [9.17, 15) is 5.11 Å². The Morgan fingerprint density at radius 2 is 2.00 bits per heavy atom. The average molecular weight is 282 g/mol. The van der Waals surface area contributed by atoms with Crippen molar-refractivity contribution in [2.45, 2.75) is 20.4 Å². The molecule has 4 nitrogen and oxygen atoms in total. The number of aryl methyl sites for hydroxylation is 2. The molecule has 0 spiro atoms. The predicted octanol–water partition coefficient (Wildman–Crippen LogP) is 3.75. The summed E-state index contributed by atoms with van der Waals surface area (Å²) in [6, 6.07) is 11.5. The molecule has 0 radical (unpaired) electrons. The molecule has 0 saturated carbocycles. The number of ether oxygens (including phenoxy) is 1. The molecule has 0 amide bonds. The molecule has 21 heavy (non-hydrogen) atoms. The van der Waals surface area contributed by atoms with E-state index in [1.165, 1.54) is 5.56 Å². The summed E-state index contributed by atoms with van der Waals surface area (Å²) < 4.78 is 7.24. The zero-order valence-corrected chi connectivity index (χ0v) is 12.4. The molecular formula is C17H18N2O2. The smallest absolute Gasteiger partial charge is 0.144 e. The molecule has 3 aromatic rings. The van der Waals surface area contributed by atoms with Gasteiger partial charge in [0.15, 0.2) is 0 Å². The van der Waals surface area contributed by atoms with Gasteiger partial charge in [-0.15, -0.1) is 0 Å². The van der Waals surface area contributed by atoms with Crippen LogP contribution in [0.25, 0.3) is 22.4 Å². The van der Waals surface area contributed by atoms with Gasteiger partial charge < -0.3 is 14.4 Å². The lowest BCUT2D eigenvalue weighted by molar-refractivity contribution is 0.408. The Labute approximate surface area is 123 Å². The fourth-order valence-electron chi connectivity index (χ4n) is 2.59. The van der Waals surface area contributed by atoms with E-state index in [2.05, 4.69) is 36.6 Å². The van der Waals surface area contributed by atoms with Crippen LogP contribution >= 0.6 is 0 Å². The second kappa shape index (κ2) is 5.13. The van der Waals surface area contributed by atoms with Crippen molar-refractivity contribution in [1.29, 1.82) is 0 Å². The van der Waals surface area contributed by atoms with Crippen LogP contribution in [0.1, 0.15) is 12.5 Å². The second-order valence-corrected chi connectivity index (χ2v) is 5.05. The Morgan fingerprint density at radius 3 is 2.67 bits per heavy atom. The predicted molar refractivity (Wildman–Crippen MR) is 83.8 cm³/mol. The van der Waals surface area contributed by atoms with Crippen molar-refractivity contribution in [3.63, 3.8) is 0 Å². The molecule has 4 heteroatoms. The molecule has 2 aromatic carbocycles. The minimum absolute atomic E-state index is 0.177. The van der Waals surface area contributed by atoms with E-state index in [-0.39, 0.29) is 5.75 Å². The number of aromatic hydroxyl groups is 1.